The van der Waals surface area contributed by atoms with Crippen LogP contribution in [0.15, 0.2) is 18.2 Å². The number of benzene rings is 1. The van der Waals surface area contributed by atoms with E-state index in [4.69, 9.17) is 4.74 Å². The largest absolute Gasteiger partial charge is 0.497 e. The maximum absolute atomic E-state index is 11.3. The zero-order chi connectivity index (χ0) is 14.2. The van der Waals surface area contributed by atoms with Crippen LogP contribution in [0.1, 0.15) is 26.3 Å². The van der Waals surface area contributed by atoms with E-state index < -0.39 is 5.97 Å². The van der Waals surface area contributed by atoms with Crippen molar-refractivity contribution in [2.45, 2.75) is 39.3 Å². The van der Waals surface area contributed by atoms with Gasteiger partial charge in [0.05, 0.1) is 13.0 Å². The van der Waals surface area contributed by atoms with Crippen LogP contribution in [0.3, 0.4) is 0 Å². The Hall–Kier alpha value is -1.71. The molecule has 104 valence electrons. The van der Waals surface area contributed by atoms with Crippen LogP contribution in [0, 0.1) is 5.92 Å². The number of fused-ring (bicyclic) bond motifs is 1. The van der Waals surface area contributed by atoms with Crippen LogP contribution in [0.2, 0.25) is 0 Å². The lowest BCUT2D eigenvalue weighted by Gasteiger charge is -2.33. The van der Waals surface area contributed by atoms with E-state index in [0.29, 0.717) is 0 Å². The summed E-state index contributed by atoms with van der Waals surface area (Å²) in [5.74, 6) is -0.303. The summed E-state index contributed by atoms with van der Waals surface area (Å²) in [4.78, 5) is 13.5. The zero-order valence-corrected chi connectivity index (χ0v) is 11.9. The van der Waals surface area contributed by atoms with Gasteiger partial charge >= 0.3 is 5.97 Å². The van der Waals surface area contributed by atoms with Gasteiger partial charge in [0.15, 0.2) is 0 Å². The minimum Gasteiger partial charge on any atom is -0.497 e. The van der Waals surface area contributed by atoms with E-state index in [1.807, 2.05) is 18.2 Å². The molecule has 0 amide bonds. The first kappa shape index (κ1) is 13.7. The number of methoxy groups -OCH3 is 1. The summed E-state index contributed by atoms with van der Waals surface area (Å²) >= 11 is 0. The highest BCUT2D eigenvalue weighted by molar-refractivity contribution is 5.73. The lowest BCUT2D eigenvalue weighted by atomic mass is 9.97. The highest BCUT2D eigenvalue weighted by atomic mass is 16.5. The molecule has 0 fully saturated rings. The third kappa shape index (κ3) is 2.39. The fourth-order valence-electron chi connectivity index (χ4n) is 2.85. The second-order valence-electron chi connectivity index (χ2n) is 5.39. The lowest BCUT2D eigenvalue weighted by Crippen LogP contribution is -2.44. The van der Waals surface area contributed by atoms with Gasteiger partial charge < -0.3 is 14.7 Å². The van der Waals surface area contributed by atoms with E-state index in [-0.39, 0.29) is 18.0 Å². The van der Waals surface area contributed by atoms with E-state index in [2.05, 4.69) is 18.7 Å². The lowest BCUT2D eigenvalue weighted by molar-refractivity contribution is -0.141. The van der Waals surface area contributed by atoms with Crippen molar-refractivity contribution < 1.29 is 14.6 Å². The molecule has 0 aromatic heterocycles. The molecule has 2 rings (SSSR count). The maximum atomic E-state index is 11.3. The molecule has 2 atom stereocenters. The van der Waals surface area contributed by atoms with E-state index in [9.17, 15) is 9.90 Å². The first-order valence-corrected chi connectivity index (χ1v) is 6.63. The highest BCUT2D eigenvalue weighted by Crippen LogP contribution is 2.38. The molecule has 0 saturated heterocycles. The average Bonchev–Trinajstić information content (AvgIpc) is 2.75. The minimum absolute atomic E-state index is 0.0135. The molecule has 19 heavy (non-hydrogen) atoms. The molecule has 0 bridgehead atoms. The van der Waals surface area contributed by atoms with Crippen LogP contribution in [0.5, 0.6) is 5.75 Å². The molecule has 0 aliphatic carbocycles. The van der Waals surface area contributed by atoms with Crippen LogP contribution < -0.4 is 9.64 Å². The second kappa shape index (κ2) is 5.11. The summed E-state index contributed by atoms with van der Waals surface area (Å²) in [6.45, 7) is 5.98. The van der Waals surface area contributed by atoms with Crippen molar-refractivity contribution in [1.82, 2.24) is 0 Å². The smallest absolute Gasteiger partial charge is 0.308 e. The number of carboxylic acids is 1. The zero-order valence-electron chi connectivity index (χ0n) is 11.9. The van der Waals surface area contributed by atoms with Crippen LogP contribution in [0.4, 0.5) is 5.69 Å². The number of nitrogens with zero attached hydrogens (tertiary/aromatic N) is 1. The predicted molar refractivity (Wildman–Crippen MR) is 74.9 cm³/mol. The summed E-state index contributed by atoms with van der Waals surface area (Å²) in [5.41, 5.74) is 2.31. The third-order valence-electron chi connectivity index (χ3n) is 3.87. The van der Waals surface area contributed by atoms with Crippen LogP contribution in [0.25, 0.3) is 0 Å². The summed E-state index contributed by atoms with van der Waals surface area (Å²) in [5, 5.41) is 9.27. The van der Waals surface area contributed by atoms with Crippen molar-refractivity contribution in [3.63, 3.8) is 0 Å². The van der Waals surface area contributed by atoms with Crippen molar-refractivity contribution in [2.75, 3.05) is 12.0 Å². The molecule has 4 nitrogen and oxygen atoms in total. The molecular formula is C15H21NO3. The number of ether oxygens (including phenoxy) is 1. The Morgan fingerprint density at radius 1 is 1.42 bits per heavy atom. The van der Waals surface area contributed by atoms with Gasteiger partial charge in [-0.1, -0.05) is 0 Å². The molecule has 1 aromatic carbocycles. The molecule has 2 unspecified atom stereocenters. The van der Waals surface area contributed by atoms with Crippen molar-refractivity contribution >= 4 is 11.7 Å². The Morgan fingerprint density at radius 2 is 2.11 bits per heavy atom. The molecule has 0 saturated carbocycles. The SMILES string of the molecule is COc1ccc2c(c1)CC(C(C)C(=O)O)N2C(C)C. The standard InChI is InChI=1S/C15H21NO3/c1-9(2)16-13-6-5-12(19-4)7-11(13)8-14(16)10(3)15(17)18/h5-7,9-10,14H,8H2,1-4H3,(H,17,18). The van der Waals surface area contributed by atoms with Gasteiger partial charge in [-0.15, -0.1) is 0 Å². The molecule has 0 spiro atoms. The molecule has 4 heteroatoms. The fraction of sp³-hybridized carbons (Fsp3) is 0.533. The molecule has 0 radical (unpaired) electrons. The summed E-state index contributed by atoms with van der Waals surface area (Å²) < 4.78 is 5.24. The molecular weight excluding hydrogens is 242 g/mol. The number of anilines is 1. The number of carboxylic acid groups (broad SMARTS) is 1. The van der Waals surface area contributed by atoms with Gasteiger partial charge in [-0.05, 0) is 51.0 Å². The maximum Gasteiger partial charge on any atom is 0.308 e. The van der Waals surface area contributed by atoms with Crippen molar-refractivity contribution in [3.05, 3.63) is 23.8 Å². The topological polar surface area (TPSA) is 49.8 Å². The Bertz CT molecular complexity index is 484. The Labute approximate surface area is 114 Å². The second-order valence-corrected chi connectivity index (χ2v) is 5.39. The highest BCUT2D eigenvalue weighted by Gasteiger charge is 2.37. The Kier molecular flexibility index (Phi) is 3.69. The van der Waals surface area contributed by atoms with E-state index in [0.717, 1.165) is 17.9 Å². The van der Waals surface area contributed by atoms with Crippen LogP contribution in [-0.2, 0) is 11.2 Å². The van der Waals surface area contributed by atoms with Gasteiger partial charge in [0.1, 0.15) is 5.75 Å². The van der Waals surface area contributed by atoms with Crippen LogP contribution in [-0.4, -0.2) is 30.3 Å². The summed E-state index contributed by atoms with van der Waals surface area (Å²) in [6, 6.07) is 6.27. The van der Waals surface area contributed by atoms with Gasteiger partial charge in [-0.2, -0.15) is 0 Å². The van der Waals surface area contributed by atoms with Gasteiger partial charge in [-0.3, -0.25) is 4.79 Å². The molecule has 1 aliphatic rings. The Balaban J connectivity index is 2.39. The van der Waals surface area contributed by atoms with Crippen molar-refractivity contribution in [1.29, 1.82) is 0 Å². The number of rotatable bonds is 4. The van der Waals surface area contributed by atoms with E-state index >= 15 is 0 Å². The van der Waals surface area contributed by atoms with Crippen molar-refractivity contribution in [2.24, 2.45) is 5.92 Å². The van der Waals surface area contributed by atoms with Gasteiger partial charge in [-0.25, -0.2) is 0 Å². The van der Waals surface area contributed by atoms with Gasteiger partial charge in [0, 0.05) is 17.8 Å². The van der Waals surface area contributed by atoms with Gasteiger partial charge in [0.25, 0.3) is 0 Å². The Morgan fingerprint density at radius 3 is 2.63 bits per heavy atom. The first-order chi connectivity index (χ1) is 8.95. The quantitative estimate of drug-likeness (QED) is 0.907. The van der Waals surface area contributed by atoms with E-state index in [1.54, 1.807) is 14.0 Å². The average molecular weight is 263 g/mol. The first-order valence-electron chi connectivity index (χ1n) is 6.63. The summed E-state index contributed by atoms with van der Waals surface area (Å²) in [7, 11) is 1.65. The number of carbonyl (C=O) groups is 1. The number of hydrogen-bond donors (Lipinski definition) is 1. The molecule has 1 N–H and O–H groups in total. The molecule has 1 aliphatic heterocycles. The molecule has 1 heterocycles. The summed E-state index contributed by atoms with van der Waals surface area (Å²) in [6.07, 6.45) is 0.762. The normalized spacial score (nSPS) is 19.4. The predicted octanol–water partition coefficient (Wildman–Crippen LogP) is 2.56. The van der Waals surface area contributed by atoms with Crippen LogP contribution >= 0.6 is 0 Å². The fourth-order valence-corrected chi connectivity index (χ4v) is 2.85. The monoisotopic (exact) mass is 263 g/mol. The van der Waals surface area contributed by atoms with Gasteiger partial charge in [0.2, 0.25) is 0 Å². The number of aliphatic carboxylic acids is 1. The van der Waals surface area contributed by atoms with Crippen molar-refractivity contribution in [3.8, 4) is 5.75 Å². The van der Waals surface area contributed by atoms with E-state index in [1.165, 1.54) is 5.56 Å². The number of hydrogen-bond acceptors (Lipinski definition) is 3. The third-order valence-corrected chi connectivity index (χ3v) is 3.87. The minimum atomic E-state index is -0.740. The molecule has 1 aromatic rings.